The van der Waals surface area contributed by atoms with E-state index in [0.29, 0.717) is 0 Å². The van der Waals surface area contributed by atoms with Crippen LogP contribution in [-0.4, -0.2) is 44.1 Å². The maximum absolute atomic E-state index is 11.4. The van der Waals surface area contributed by atoms with E-state index in [0.717, 1.165) is 37.3 Å². The number of hydrogen-bond acceptors (Lipinski definition) is 5. The number of benzene rings is 1. The predicted octanol–water partition coefficient (Wildman–Crippen LogP) is 1.54. The van der Waals surface area contributed by atoms with Crippen LogP contribution >= 0.6 is 0 Å². The number of rotatable bonds is 5. The highest BCUT2D eigenvalue weighted by Gasteiger charge is 2.32. The summed E-state index contributed by atoms with van der Waals surface area (Å²) in [6.07, 6.45) is 1.56. The second-order valence-electron chi connectivity index (χ2n) is 6.60. The average molecular weight is 328 g/mol. The number of nitrogens with two attached hydrogens (primary N) is 1. The fourth-order valence-corrected chi connectivity index (χ4v) is 3.35. The summed E-state index contributed by atoms with van der Waals surface area (Å²) < 4.78 is 1.87. The summed E-state index contributed by atoms with van der Waals surface area (Å²) in [5.41, 5.74) is 6.62. The van der Waals surface area contributed by atoms with Gasteiger partial charge in [-0.15, -0.1) is 5.10 Å². The molecule has 1 aromatic carbocycles. The monoisotopic (exact) mass is 328 g/mol. The van der Waals surface area contributed by atoms with Gasteiger partial charge in [0.05, 0.1) is 12.1 Å². The molecule has 1 unspecified atom stereocenters. The quantitative estimate of drug-likeness (QED) is 0.899. The SMILES string of the molecule is CC(C)n1nnnc1C(c1ccccc1)N1CCC(C(N)=O)CC1. The molecule has 2 N–H and O–H groups in total. The number of tetrazole rings is 1. The number of carbonyl (C=O) groups is 1. The third-order valence-electron chi connectivity index (χ3n) is 4.66. The predicted molar refractivity (Wildman–Crippen MR) is 90.0 cm³/mol. The summed E-state index contributed by atoms with van der Waals surface area (Å²) >= 11 is 0. The second kappa shape index (κ2) is 7.09. The molecule has 1 fully saturated rings. The van der Waals surface area contributed by atoms with Crippen LogP contribution in [-0.2, 0) is 4.79 Å². The minimum Gasteiger partial charge on any atom is -0.369 e. The van der Waals surface area contributed by atoms with E-state index in [1.807, 2.05) is 22.9 Å². The normalized spacial score (nSPS) is 18.0. The highest BCUT2D eigenvalue weighted by atomic mass is 16.1. The molecular formula is C17H24N6O. The first-order valence-electron chi connectivity index (χ1n) is 8.44. The average Bonchev–Trinajstić information content (AvgIpc) is 3.06. The second-order valence-corrected chi connectivity index (χ2v) is 6.60. The number of aromatic nitrogens is 4. The number of carbonyl (C=O) groups excluding carboxylic acids is 1. The van der Waals surface area contributed by atoms with Gasteiger partial charge in [-0.05, 0) is 55.8 Å². The van der Waals surface area contributed by atoms with Gasteiger partial charge in [-0.2, -0.15) is 0 Å². The van der Waals surface area contributed by atoms with Gasteiger partial charge in [0.15, 0.2) is 5.82 Å². The molecule has 1 aliphatic heterocycles. The van der Waals surface area contributed by atoms with Crippen LogP contribution in [0.5, 0.6) is 0 Å². The summed E-state index contributed by atoms with van der Waals surface area (Å²) in [5, 5.41) is 12.4. The molecule has 0 saturated carbocycles. The van der Waals surface area contributed by atoms with Gasteiger partial charge in [0, 0.05) is 5.92 Å². The van der Waals surface area contributed by atoms with Crippen LogP contribution in [0.25, 0.3) is 0 Å². The Hall–Kier alpha value is -2.28. The van der Waals surface area contributed by atoms with E-state index in [2.05, 4.69) is 46.4 Å². The Morgan fingerprint density at radius 3 is 2.46 bits per heavy atom. The van der Waals surface area contributed by atoms with Crippen molar-refractivity contribution in [2.75, 3.05) is 13.1 Å². The molecule has 1 atom stereocenters. The zero-order chi connectivity index (χ0) is 17.1. The topological polar surface area (TPSA) is 89.9 Å². The number of piperidine rings is 1. The van der Waals surface area contributed by atoms with Crippen LogP contribution in [0.15, 0.2) is 30.3 Å². The number of primary amides is 1. The van der Waals surface area contributed by atoms with Crippen molar-refractivity contribution in [2.24, 2.45) is 11.7 Å². The molecule has 0 aliphatic carbocycles. The van der Waals surface area contributed by atoms with Crippen molar-refractivity contribution in [3.05, 3.63) is 41.7 Å². The van der Waals surface area contributed by atoms with Gasteiger partial charge in [-0.1, -0.05) is 30.3 Å². The third kappa shape index (κ3) is 3.31. The molecule has 0 radical (unpaired) electrons. The van der Waals surface area contributed by atoms with Crippen molar-refractivity contribution in [3.63, 3.8) is 0 Å². The van der Waals surface area contributed by atoms with E-state index in [-0.39, 0.29) is 23.9 Å². The first-order valence-corrected chi connectivity index (χ1v) is 8.44. The van der Waals surface area contributed by atoms with Gasteiger partial charge in [0.25, 0.3) is 0 Å². The van der Waals surface area contributed by atoms with E-state index in [1.165, 1.54) is 0 Å². The van der Waals surface area contributed by atoms with Gasteiger partial charge in [0.2, 0.25) is 5.91 Å². The Kier molecular flexibility index (Phi) is 4.89. The van der Waals surface area contributed by atoms with E-state index in [4.69, 9.17) is 5.73 Å². The minimum absolute atomic E-state index is 0.0163. The van der Waals surface area contributed by atoms with Gasteiger partial charge >= 0.3 is 0 Å². The molecular weight excluding hydrogens is 304 g/mol. The number of likely N-dealkylation sites (tertiary alicyclic amines) is 1. The van der Waals surface area contributed by atoms with E-state index in [9.17, 15) is 4.79 Å². The first-order chi connectivity index (χ1) is 11.6. The summed E-state index contributed by atoms with van der Waals surface area (Å²) in [6, 6.07) is 10.4. The molecule has 3 rings (SSSR count). The molecule has 24 heavy (non-hydrogen) atoms. The minimum atomic E-state index is -0.196. The molecule has 1 saturated heterocycles. The van der Waals surface area contributed by atoms with E-state index >= 15 is 0 Å². The van der Waals surface area contributed by atoms with Crippen LogP contribution < -0.4 is 5.73 Å². The highest BCUT2D eigenvalue weighted by Crippen LogP contribution is 2.31. The van der Waals surface area contributed by atoms with Crippen molar-refractivity contribution >= 4 is 5.91 Å². The molecule has 128 valence electrons. The van der Waals surface area contributed by atoms with Crippen LogP contribution in [0.4, 0.5) is 0 Å². The molecule has 0 bridgehead atoms. The fraction of sp³-hybridized carbons (Fsp3) is 0.529. The molecule has 7 heteroatoms. The molecule has 2 heterocycles. The van der Waals surface area contributed by atoms with Gasteiger partial charge < -0.3 is 5.73 Å². The molecule has 1 aromatic heterocycles. The zero-order valence-corrected chi connectivity index (χ0v) is 14.2. The summed E-state index contributed by atoms with van der Waals surface area (Å²) in [5.74, 6) is 0.616. The maximum Gasteiger partial charge on any atom is 0.220 e. The summed E-state index contributed by atoms with van der Waals surface area (Å²) in [4.78, 5) is 13.8. The van der Waals surface area contributed by atoms with Crippen LogP contribution in [0.3, 0.4) is 0 Å². The van der Waals surface area contributed by atoms with Crippen LogP contribution in [0.1, 0.15) is 50.2 Å². The van der Waals surface area contributed by atoms with Gasteiger partial charge in [0.1, 0.15) is 0 Å². The van der Waals surface area contributed by atoms with Crippen LogP contribution in [0.2, 0.25) is 0 Å². The third-order valence-corrected chi connectivity index (χ3v) is 4.66. The zero-order valence-electron chi connectivity index (χ0n) is 14.2. The molecule has 1 aliphatic rings. The lowest BCUT2D eigenvalue weighted by Gasteiger charge is -2.36. The lowest BCUT2D eigenvalue weighted by molar-refractivity contribution is -0.123. The number of amides is 1. The van der Waals surface area contributed by atoms with Crippen molar-refractivity contribution in [1.29, 1.82) is 0 Å². The summed E-state index contributed by atoms with van der Waals surface area (Å²) in [6.45, 7) is 5.75. The van der Waals surface area contributed by atoms with E-state index < -0.39 is 0 Å². The largest absolute Gasteiger partial charge is 0.369 e. The standard InChI is InChI=1S/C17H24N6O/c1-12(2)23-17(19-20-21-23)15(13-6-4-3-5-7-13)22-10-8-14(9-11-22)16(18)24/h3-7,12,14-15H,8-11H2,1-2H3,(H2,18,24). The Morgan fingerprint density at radius 1 is 1.21 bits per heavy atom. The van der Waals surface area contributed by atoms with Crippen LogP contribution in [0, 0.1) is 5.92 Å². The molecule has 1 amide bonds. The summed E-state index contributed by atoms with van der Waals surface area (Å²) in [7, 11) is 0. The van der Waals surface area contributed by atoms with Gasteiger partial charge in [-0.25, -0.2) is 4.68 Å². The first kappa shape index (κ1) is 16.6. The highest BCUT2D eigenvalue weighted by molar-refractivity contribution is 5.76. The number of hydrogen-bond donors (Lipinski definition) is 1. The van der Waals surface area contributed by atoms with Crippen molar-refractivity contribution in [2.45, 2.75) is 38.8 Å². The van der Waals surface area contributed by atoms with E-state index in [1.54, 1.807) is 0 Å². The Bertz CT molecular complexity index is 675. The Morgan fingerprint density at radius 2 is 1.88 bits per heavy atom. The van der Waals surface area contributed by atoms with Crippen molar-refractivity contribution < 1.29 is 4.79 Å². The lowest BCUT2D eigenvalue weighted by Crippen LogP contribution is -2.41. The molecule has 2 aromatic rings. The van der Waals surface area contributed by atoms with Crippen molar-refractivity contribution in [1.82, 2.24) is 25.1 Å². The smallest absolute Gasteiger partial charge is 0.220 e. The number of nitrogens with zero attached hydrogens (tertiary/aromatic N) is 5. The molecule has 7 nitrogen and oxygen atoms in total. The Balaban J connectivity index is 1.92. The maximum atomic E-state index is 11.4. The van der Waals surface area contributed by atoms with Crippen molar-refractivity contribution in [3.8, 4) is 0 Å². The Labute approximate surface area is 141 Å². The van der Waals surface area contributed by atoms with Gasteiger partial charge in [-0.3, -0.25) is 9.69 Å². The lowest BCUT2D eigenvalue weighted by atomic mass is 9.93. The molecule has 0 spiro atoms. The fourth-order valence-electron chi connectivity index (χ4n) is 3.35.